The van der Waals surface area contributed by atoms with Crippen molar-refractivity contribution >= 4 is 17.3 Å². The van der Waals surface area contributed by atoms with Gasteiger partial charge < -0.3 is 20.3 Å². The van der Waals surface area contributed by atoms with Crippen LogP contribution in [0.2, 0.25) is 0 Å². The van der Waals surface area contributed by atoms with Crippen molar-refractivity contribution in [3.8, 4) is 0 Å². The average Bonchev–Trinajstić information content (AvgIpc) is 2.45. The fraction of sp³-hybridized carbons (Fsp3) is 0.533. The van der Waals surface area contributed by atoms with E-state index >= 15 is 0 Å². The van der Waals surface area contributed by atoms with Crippen LogP contribution in [0.25, 0.3) is 0 Å². The maximum absolute atomic E-state index is 12.6. The van der Waals surface area contributed by atoms with Crippen LogP contribution in [0.5, 0.6) is 0 Å². The van der Waals surface area contributed by atoms with Crippen LogP contribution >= 0.6 is 0 Å². The molecule has 1 amide bonds. The fourth-order valence-electron chi connectivity index (χ4n) is 2.94. The highest BCUT2D eigenvalue weighted by Crippen LogP contribution is 2.26. The number of amides is 1. The summed E-state index contributed by atoms with van der Waals surface area (Å²) < 4.78 is 5.68. The molecular formula is C15H21N3O2. The van der Waals surface area contributed by atoms with E-state index in [9.17, 15) is 4.79 Å². The van der Waals surface area contributed by atoms with Crippen LogP contribution in [0.15, 0.2) is 24.3 Å². The number of anilines is 2. The maximum Gasteiger partial charge on any atom is 0.247 e. The summed E-state index contributed by atoms with van der Waals surface area (Å²) in [4.78, 5) is 14.5. The van der Waals surface area contributed by atoms with E-state index in [0.717, 1.165) is 11.4 Å². The van der Waals surface area contributed by atoms with Crippen molar-refractivity contribution in [1.29, 1.82) is 0 Å². The fourth-order valence-corrected chi connectivity index (χ4v) is 2.94. The Morgan fingerprint density at radius 3 is 2.55 bits per heavy atom. The smallest absolute Gasteiger partial charge is 0.247 e. The molecule has 2 N–H and O–H groups in total. The quantitative estimate of drug-likeness (QED) is 0.816. The zero-order valence-electron chi connectivity index (χ0n) is 11.9. The van der Waals surface area contributed by atoms with E-state index < -0.39 is 0 Å². The lowest BCUT2D eigenvalue weighted by Crippen LogP contribution is -2.54. The lowest BCUT2D eigenvalue weighted by atomic mass is 10.1. The molecule has 1 aromatic rings. The van der Waals surface area contributed by atoms with E-state index in [4.69, 9.17) is 4.74 Å². The van der Waals surface area contributed by atoms with Crippen LogP contribution in [0, 0.1) is 0 Å². The number of fused-ring (bicyclic) bond motifs is 1. The average molecular weight is 275 g/mol. The molecule has 1 saturated heterocycles. The van der Waals surface area contributed by atoms with Crippen molar-refractivity contribution in [2.75, 3.05) is 30.3 Å². The van der Waals surface area contributed by atoms with Crippen molar-refractivity contribution < 1.29 is 9.53 Å². The van der Waals surface area contributed by atoms with Gasteiger partial charge in [0.25, 0.3) is 0 Å². The number of nitrogens with one attached hydrogen (secondary N) is 2. The highest BCUT2D eigenvalue weighted by atomic mass is 16.5. The van der Waals surface area contributed by atoms with Crippen LogP contribution in [0.4, 0.5) is 11.4 Å². The van der Waals surface area contributed by atoms with Gasteiger partial charge in [0.05, 0.1) is 23.6 Å². The summed E-state index contributed by atoms with van der Waals surface area (Å²) >= 11 is 0. The Balaban J connectivity index is 1.69. The van der Waals surface area contributed by atoms with Crippen molar-refractivity contribution in [3.05, 3.63) is 24.3 Å². The minimum atomic E-state index is -0.206. The molecule has 108 valence electrons. The lowest BCUT2D eigenvalue weighted by Gasteiger charge is -2.38. The van der Waals surface area contributed by atoms with Gasteiger partial charge in [-0.2, -0.15) is 0 Å². The SMILES string of the molecule is CC1CN(C(=O)C2CNc3ccccc3N2)CC(C)O1. The van der Waals surface area contributed by atoms with Gasteiger partial charge >= 0.3 is 0 Å². The molecule has 0 aliphatic carbocycles. The third kappa shape index (κ3) is 2.58. The van der Waals surface area contributed by atoms with Gasteiger partial charge in [-0.25, -0.2) is 0 Å². The Morgan fingerprint density at radius 1 is 1.20 bits per heavy atom. The van der Waals surface area contributed by atoms with Gasteiger partial charge in [0, 0.05) is 19.6 Å². The minimum Gasteiger partial charge on any atom is -0.381 e. The number of ether oxygens (including phenoxy) is 1. The molecule has 2 heterocycles. The number of morpholine rings is 1. The summed E-state index contributed by atoms with van der Waals surface area (Å²) in [7, 11) is 0. The van der Waals surface area contributed by atoms with E-state index in [0.29, 0.717) is 19.6 Å². The third-order valence-corrected chi connectivity index (χ3v) is 3.78. The summed E-state index contributed by atoms with van der Waals surface area (Å²) in [5.41, 5.74) is 2.05. The summed E-state index contributed by atoms with van der Waals surface area (Å²) in [6.07, 6.45) is 0.207. The van der Waals surface area contributed by atoms with Gasteiger partial charge in [0.2, 0.25) is 5.91 Å². The zero-order chi connectivity index (χ0) is 14.1. The molecule has 5 heteroatoms. The number of rotatable bonds is 1. The van der Waals surface area contributed by atoms with E-state index in [2.05, 4.69) is 10.6 Å². The predicted octanol–water partition coefficient (Wildman–Crippen LogP) is 1.53. The lowest BCUT2D eigenvalue weighted by molar-refractivity contribution is -0.143. The van der Waals surface area contributed by atoms with Gasteiger partial charge in [0.1, 0.15) is 6.04 Å². The van der Waals surface area contributed by atoms with Crippen molar-refractivity contribution in [2.24, 2.45) is 0 Å². The maximum atomic E-state index is 12.6. The highest BCUT2D eigenvalue weighted by molar-refractivity contribution is 5.88. The molecule has 3 unspecified atom stereocenters. The van der Waals surface area contributed by atoms with Crippen LogP contribution < -0.4 is 10.6 Å². The predicted molar refractivity (Wildman–Crippen MR) is 78.9 cm³/mol. The molecule has 0 radical (unpaired) electrons. The molecule has 1 fully saturated rings. The molecule has 3 rings (SSSR count). The Kier molecular flexibility index (Phi) is 3.53. The highest BCUT2D eigenvalue weighted by Gasteiger charge is 2.32. The molecule has 5 nitrogen and oxygen atoms in total. The van der Waals surface area contributed by atoms with Gasteiger partial charge in [-0.05, 0) is 26.0 Å². The molecular weight excluding hydrogens is 254 g/mol. The molecule has 2 aliphatic heterocycles. The molecule has 20 heavy (non-hydrogen) atoms. The largest absolute Gasteiger partial charge is 0.381 e. The topological polar surface area (TPSA) is 53.6 Å². The molecule has 0 saturated carbocycles. The van der Waals surface area contributed by atoms with Crippen LogP contribution in [-0.4, -0.2) is 48.7 Å². The zero-order valence-corrected chi connectivity index (χ0v) is 11.9. The first kappa shape index (κ1) is 13.2. The molecule has 0 bridgehead atoms. The van der Waals surface area contributed by atoms with E-state index in [1.54, 1.807) is 0 Å². The van der Waals surface area contributed by atoms with Crippen LogP contribution in [0.1, 0.15) is 13.8 Å². The first-order valence-electron chi connectivity index (χ1n) is 7.17. The number of para-hydroxylation sites is 2. The van der Waals surface area contributed by atoms with Crippen molar-refractivity contribution in [2.45, 2.75) is 32.1 Å². The number of hydrogen-bond donors (Lipinski definition) is 2. The third-order valence-electron chi connectivity index (χ3n) is 3.78. The second-order valence-electron chi connectivity index (χ2n) is 5.62. The van der Waals surface area contributed by atoms with Gasteiger partial charge in [-0.1, -0.05) is 12.1 Å². The Labute approximate surface area is 119 Å². The van der Waals surface area contributed by atoms with Crippen molar-refractivity contribution in [1.82, 2.24) is 4.90 Å². The minimum absolute atomic E-state index is 0.103. The molecule has 3 atom stereocenters. The summed E-state index contributed by atoms with van der Waals surface area (Å²) in [5.74, 6) is 0.147. The Bertz CT molecular complexity index is 496. The summed E-state index contributed by atoms with van der Waals surface area (Å²) in [6.45, 7) is 5.98. The number of carbonyl (C=O) groups excluding carboxylic acids is 1. The molecule has 2 aliphatic rings. The monoisotopic (exact) mass is 275 g/mol. The van der Waals surface area contributed by atoms with Crippen molar-refractivity contribution in [3.63, 3.8) is 0 Å². The molecule has 0 aromatic heterocycles. The molecule has 1 aromatic carbocycles. The molecule has 0 spiro atoms. The Morgan fingerprint density at radius 2 is 1.85 bits per heavy atom. The second kappa shape index (κ2) is 5.32. The van der Waals surface area contributed by atoms with Crippen LogP contribution in [-0.2, 0) is 9.53 Å². The number of carbonyl (C=O) groups is 1. The first-order chi connectivity index (χ1) is 9.63. The first-order valence-corrected chi connectivity index (χ1v) is 7.17. The number of benzene rings is 1. The summed E-state index contributed by atoms with van der Waals surface area (Å²) in [5, 5.41) is 6.64. The van der Waals surface area contributed by atoms with Gasteiger partial charge in [-0.15, -0.1) is 0 Å². The Hall–Kier alpha value is -1.75. The summed E-state index contributed by atoms with van der Waals surface area (Å²) in [6, 6.07) is 7.76. The van der Waals surface area contributed by atoms with Crippen LogP contribution in [0.3, 0.4) is 0 Å². The standard InChI is InChI=1S/C15H21N3O2/c1-10-8-18(9-11(2)20-10)15(19)14-7-16-12-5-3-4-6-13(12)17-14/h3-6,10-11,14,16-17H,7-9H2,1-2H3. The number of hydrogen-bond acceptors (Lipinski definition) is 4. The second-order valence-corrected chi connectivity index (χ2v) is 5.62. The van der Waals surface area contributed by atoms with E-state index in [-0.39, 0.29) is 24.2 Å². The van der Waals surface area contributed by atoms with E-state index in [1.165, 1.54) is 0 Å². The van der Waals surface area contributed by atoms with Gasteiger partial charge in [-0.3, -0.25) is 4.79 Å². The van der Waals surface area contributed by atoms with Gasteiger partial charge in [0.15, 0.2) is 0 Å². The number of nitrogens with zero attached hydrogens (tertiary/aromatic N) is 1. The van der Waals surface area contributed by atoms with E-state index in [1.807, 2.05) is 43.0 Å². The normalized spacial score (nSPS) is 29.1.